The monoisotopic (exact) mass is 472 g/mol. The van der Waals surface area contributed by atoms with Gasteiger partial charge >= 0.3 is 11.9 Å². The van der Waals surface area contributed by atoms with Gasteiger partial charge in [-0.2, -0.15) is 0 Å². The highest BCUT2D eigenvalue weighted by atomic mass is 19.1. The van der Waals surface area contributed by atoms with Crippen molar-refractivity contribution in [1.82, 2.24) is 10.4 Å². The molecule has 4 rings (SSSR count). The van der Waals surface area contributed by atoms with Crippen molar-refractivity contribution in [1.29, 1.82) is 0 Å². The van der Waals surface area contributed by atoms with E-state index in [9.17, 15) is 18.8 Å². The first kappa shape index (κ1) is 23.9. The lowest BCUT2D eigenvalue weighted by atomic mass is 10.0. The third-order valence-corrected chi connectivity index (χ3v) is 6.18. The lowest BCUT2D eigenvalue weighted by molar-refractivity contribution is -0.164. The zero-order valence-electron chi connectivity index (χ0n) is 19.0. The van der Waals surface area contributed by atoms with E-state index in [1.54, 1.807) is 18.2 Å². The molecule has 9 heteroatoms. The third kappa shape index (κ3) is 6.44. The Hall–Kier alpha value is -3.20. The Balaban J connectivity index is 1.37. The fraction of sp³-hybridized carbons (Fsp3) is 0.480. The average molecular weight is 473 g/mol. The van der Waals surface area contributed by atoms with Crippen LogP contribution in [0.25, 0.3) is 11.3 Å². The molecule has 182 valence electrons. The molecule has 1 aromatic heterocycles. The minimum Gasteiger partial charge on any atom is -0.451 e. The molecule has 1 N–H and O–H groups in total. The van der Waals surface area contributed by atoms with Gasteiger partial charge in [-0.3, -0.25) is 24.8 Å². The summed E-state index contributed by atoms with van der Waals surface area (Å²) in [6.07, 6.45) is 5.88. The Labute approximate surface area is 197 Å². The van der Waals surface area contributed by atoms with Crippen molar-refractivity contribution in [3.05, 3.63) is 48.0 Å². The Morgan fingerprint density at radius 3 is 2.71 bits per heavy atom. The van der Waals surface area contributed by atoms with Gasteiger partial charge in [-0.1, -0.05) is 37.8 Å². The highest BCUT2D eigenvalue weighted by Crippen LogP contribution is 2.28. The summed E-state index contributed by atoms with van der Waals surface area (Å²) in [5.41, 5.74) is 3.11. The molecule has 2 aliphatic rings. The molecular weight excluding hydrogens is 443 g/mol. The molecule has 8 nitrogen and oxygen atoms in total. The van der Waals surface area contributed by atoms with Crippen LogP contribution in [0.4, 0.5) is 4.39 Å². The van der Waals surface area contributed by atoms with E-state index in [0.717, 1.165) is 19.3 Å². The fourth-order valence-electron chi connectivity index (χ4n) is 4.33. The number of nitrogens with one attached hydrogen (secondary N) is 1. The maximum atomic E-state index is 13.5. The number of carbonyl (C=O) groups is 3. The number of amides is 2. The van der Waals surface area contributed by atoms with Crippen LogP contribution in [-0.2, 0) is 19.1 Å². The van der Waals surface area contributed by atoms with Crippen molar-refractivity contribution in [2.24, 2.45) is 5.92 Å². The van der Waals surface area contributed by atoms with Crippen LogP contribution in [0.2, 0.25) is 0 Å². The van der Waals surface area contributed by atoms with E-state index in [2.05, 4.69) is 5.43 Å². The summed E-state index contributed by atoms with van der Waals surface area (Å²) >= 11 is 0. The number of rotatable bonds is 9. The number of hydrogen-bond acceptors (Lipinski definition) is 6. The maximum absolute atomic E-state index is 13.5. The minimum atomic E-state index is -0.627. The van der Waals surface area contributed by atoms with E-state index in [4.69, 9.17) is 13.9 Å². The normalized spacial score (nSPS) is 18.1. The van der Waals surface area contributed by atoms with E-state index >= 15 is 0 Å². The number of cyclic esters (lactones) is 1. The first-order chi connectivity index (χ1) is 16.5. The summed E-state index contributed by atoms with van der Waals surface area (Å²) in [5, 5.41) is 1.23. The van der Waals surface area contributed by atoms with Gasteiger partial charge in [-0.15, -0.1) is 0 Å². The zero-order valence-corrected chi connectivity index (χ0v) is 19.0. The Morgan fingerprint density at radius 2 is 1.97 bits per heavy atom. The molecule has 1 atom stereocenters. The highest BCUT2D eigenvalue weighted by Gasteiger charge is 2.26. The van der Waals surface area contributed by atoms with Crippen LogP contribution < -0.4 is 5.43 Å². The van der Waals surface area contributed by atoms with Crippen LogP contribution >= 0.6 is 0 Å². The Kier molecular flexibility index (Phi) is 7.95. The lowest BCUT2D eigenvalue weighted by Gasteiger charge is -2.24. The first-order valence-electron chi connectivity index (χ1n) is 11.8. The quantitative estimate of drug-likeness (QED) is 0.434. The van der Waals surface area contributed by atoms with Crippen LogP contribution in [0.1, 0.15) is 61.9 Å². The molecule has 2 amide bonds. The molecule has 2 aromatic rings. The summed E-state index contributed by atoms with van der Waals surface area (Å²) in [7, 11) is 0. The molecule has 1 saturated heterocycles. The minimum absolute atomic E-state index is 0.00139. The van der Waals surface area contributed by atoms with Crippen molar-refractivity contribution >= 4 is 17.8 Å². The smallest absolute Gasteiger partial charge is 0.308 e. The third-order valence-electron chi connectivity index (χ3n) is 6.18. The number of benzene rings is 1. The van der Waals surface area contributed by atoms with E-state index in [1.807, 2.05) is 0 Å². The van der Waals surface area contributed by atoms with Gasteiger partial charge in [0.1, 0.15) is 11.6 Å². The van der Waals surface area contributed by atoms with E-state index in [1.165, 1.54) is 36.0 Å². The number of hydrogen-bond donors (Lipinski definition) is 1. The topological polar surface area (TPSA) is 98.1 Å². The molecule has 1 saturated carbocycles. The van der Waals surface area contributed by atoms with Crippen LogP contribution in [0.3, 0.4) is 0 Å². The number of ether oxygens (including phenoxy) is 2. The molecular formula is C25H29FN2O6. The molecule has 34 heavy (non-hydrogen) atoms. The molecule has 1 aliphatic carbocycles. The Morgan fingerprint density at radius 1 is 1.15 bits per heavy atom. The molecule has 0 unspecified atom stereocenters. The number of furan rings is 1. The maximum Gasteiger partial charge on any atom is 0.308 e. The van der Waals surface area contributed by atoms with Crippen LogP contribution in [0.5, 0.6) is 0 Å². The van der Waals surface area contributed by atoms with Crippen molar-refractivity contribution in [2.45, 2.75) is 57.7 Å². The van der Waals surface area contributed by atoms with Crippen molar-refractivity contribution in [2.75, 3.05) is 13.2 Å². The summed E-state index contributed by atoms with van der Waals surface area (Å²) in [6.45, 7) is 0.195. The number of hydrazine groups is 1. The van der Waals surface area contributed by atoms with Crippen molar-refractivity contribution < 1.29 is 32.7 Å². The number of esters is 1. The van der Waals surface area contributed by atoms with Gasteiger partial charge in [0, 0.05) is 18.4 Å². The van der Waals surface area contributed by atoms with E-state index < -0.39 is 18.0 Å². The standard InChI is InChI=1S/C25H29FN2O6/c26-19-7-3-6-18(16-19)20-9-10-21(33-20)25(31)27-28(14-15-32-24-13-12-23(30)34-24)22(29)11-8-17-4-1-2-5-17/h3,6-7,9-10,16-17,24H,1-2,4-5,8,11-15H2,(H,27,31)/t24-/m1/s1. The van der Waals surface area contributed by atoms with Gasteiger partial charge in [-0.05, 0) is 36.6 Å². The summed E-state index contributed by atoms with van der Waals surface area (Å²) in [6, 6.07) is 8.92. The van der Waals surface area contributed by atoms with Crippen molar-refractivity contribution in [3.8, 4) is 11.3 Å². The molecule has 0 bridgehead atoms. The van der Waals surface area contributed by atoms with Crippen LogP contribution in [-0.4, -0.2) is 42.2 Å². The molecule has 1 aromatic carbocycles. The molecule has 1 aliphatic heterocycles. The molecule has 2 heterocycles. The number of halogens is 1. The van der Waals surface area contributed by atoms with Gasteiger partial charge in [0.2, 0.25) is 12.2 Å². The van der Waals surface area contributed by atoms with Crippen LogP contribution in [0.15, 0.2) is 40.8 Å². The first-order valence-corrected chi connectivity index (χ1v) is 11.8. The van der Waals surface area contributed by atoms with Crippen molar-refractivity contribution in [3.63, 3.8) is 0 Å². The second kappa shape index (κ2) is 11.3. The predicted molar refractivity (Wildman–Crippen MR) is 120 cm³/mol. The van der Waals surface area contributed by atoms with E-state index in [-0.39, 0.29) is 30.8 Å². The fourth-order valence-corrected chi connectivity index (χ4v) is 4.33. The number of nitrogens with zero attached hydrogens (tertiary/aromatic N) is 1. The van der Waals surface area contributed by atoms with Gasteiger partial charge < -0.3 is 13.9 Å². The molecule has 2 fully saturated rings. The second-order valence-corrected chi connectivity index (χ2v) is 8.68. The van der Waals surface area contributed by atoms with Gasteiger partial charge in [0.05, 0.1) is 19.6 Å². The second-order valence-electron chi connectivity index (χ2n) is 8.68. The van der Waals surface area contributed by atoms with Gasteiger partial charge in [-0.25, -0.2) is 4.39 Å². The largest absolute Gasteiger partial charge is 0.451 e. The van der Waals surface area contributed by atoms with E-state index in [0.29, 0.717) is 36.5 Å². The average Bonchev–Trinajstić information content (AvgIpc) is 3.59. The van der Waals surface area contributed by atoms with Crippen LogP contribution in [0, 0.1) is 11.7 Å². The summed E-state index contributed by atoms with van der Waals surface area (Å²) in [4.78, 5) is 37.0. The zero-order chi connectivity index (χ0) is 23.9. The van der Waals surface area contributed by atoms with Gasteiger partial charge in [0.25, 0.3) is 0 Å². The lowest BCUT2D eigenvalue weighted by Crippen LogP contribution is -2.48. The Bertz CT molecular complexity index is 1020. The predicted octanol–water partition coefficient (Wildman–Crippen LogP) is 4.21. The molecule has 0 radical (unpaired) electrons. The summed E-state index contributed by atoms with van der Waals surface area (Å²) < 4.78 is 29.7. The summed E-state index contributed by atoms with van der Waals surface area (Å²) in [5.74, 6) is -0.655. The van der Waals surface area contributed by atoms with Gasteiger partial charge in [0.15, 0.2) is 5.76 Å². The molecule has 0 spiro atoms. The highest BCUT2D eigenvalue weighted by molar-refractivity contribution is 5.93. The number of carbonyl (C=O) groups excluding carboxylic acids is 3. The SMILES string of the molecule is O=C1CC[C@H](OCCN(NC(=O)c2ccc(-c3cccc(F)c3)o2)C(=O)CCC2CCCC2)O1.